The molecule has 1 aliphatic carbocycles. The lowest BCUT2D eigenvalue weighted by molar-refractivity contribution is -0.117. The number of pyridine rings is 1. The van der Waals surface area contributed by atoms with E-state index in [0.29, 0.717) is 0 Å². The van der Waals surface area contributed by atoms with Crippen LogP contribution in [0.25, 0.3) is 17.0 Å². The van der Waals surface area contributed by atoms with Crippen molar-refractivity contribution in [2.45, 2.75) is 25.3 Å². The van der Waals surface area contributed by atoms with Gasteiger partial charge in [0.15, 0.2) is 0 Å². The second-order valence-corrected chi connectivity index (χ2v) is 6.41. The highest BCUT2D eigenvalue weighted by Gasteiger charge is 2.20. The maximum absolute atomic E-state index is 12.3. The first-order valence-electron chi connectivity index (χ1n) is 8.72. The zero-order valence-corrected chi connectivity index (χ0v) is 14.0. The van der Waals surface area contributed by atoms with Crippen molar-refractivity contribution >= 4 is 22.9 Å². The summed E-state index contributed by atoms with van der Waals surface area (Å²) in [5, 5.41) is 4.23. The number of amides is 1. The molecule has 25 heavy (non-hydrogen) atoms. The number of nitrogens with one attached hydrogen (secondary N) is 1. The molecule has 124 valence electrons. The normalized spacial score (nSPS) is 16.7. The highest BCUT2D eigenvalue weighted by molar-refractivity contribution is 5.92. The summed E-state index contributed by atoms with van der Waals surface area (Å²) in [6, 6.07) is 20.4. The van der Waals surface area contributed by atoms with Crippen LogP contribution < -0.4 is 5.32 Å². The van der Waals surface area contributed by atoms with Gasteiger partial charge in [0, 0.05) is 11.5 Å². The molecule has 1 heterocycles. The van der Waals surface area contributed by atoms with Gasteiger partial charge in [-0.3, -0.25) is 4.79 Å². The van der Waals surface area contributed by atoms with Crippen molar-refractivity contribution in [1.82, 2.24) is 10.3 Å². The minimum Gasteiger partial charge on any atom is -0.346 e. The van der Waals surface area contributed by atoms with Crippen LogP contribution in [0.4, 0.5) is 0 Å². The Balaban J connectivity index is 1.47. The molecule has 1 amide bonds. The smallest absolute Gasteiger partial charge is 0.244 e. The van der Waals surface area contributed by atoms with Crippen LogP contribution in [0.2, 0.25) is 0 Å². The number of para-hydroxylation sites is 1. The van der Waals surface area contributed by atoms with Gasteiger partial charge in [0.2, 0.25) is 5.91 Å². The molecule has 0 spiro atoms. The SMILES string of the molecule is O=C(C=Cc1ccc2ccccc2n1)NC1CCCc2ccccc21. The molecule has 1 aliphatic rings. The van der Waals surface area contributed by atoms with Crippen molar-refractivity contribution < 1.29 is 4.79 Å². The van der Waals surface area contributed by atoms with Gasteiger partial charge in [-0.15, -0.1) is 0 Å². The van der Waals surface area contributed by atoms with Crippen LogP contribution in [0.15, 0.2) is 66.7 Å². The number of carbonyl (C=O) groups excluding carboxylic acids is 1. The molecule has 0 radical (unpaired) electrons. The van der Waals surface area contributed by atoms with Crippen molar-refractivity contribution in [3.05, 3.63) is 83.6 Å². The Hall–Kier alpha value is -2.94. The second-order valence-electron chi connectivity index (χ2n) is 6.41. The maximum Gasteiger partial charge on any atom is 0.244 e. The van der Waals surface area contributed by atoms with E-state index in [2.05, 4.69) is 28.5 Å². The lowest BCUT2D eigenvalue weighted by Gasteiger charge is -2.25. The molecule has 1 unspecified atom stereocenters. The van der Waals surface area contributed by atoms with Gasteiger partial charge in [0.25, 0.3) is 0 Å². The lowest BCUT2D eigenvalue weighted by atomic mass is 9.88. The van der Waals surface area contributed by atoms with Crippen molar-refractivity contribution in [3.63, 3.8) is 0 Å². The number of carbonyl (C=O) groups is 1. The van der Waals surface area contributed by atoms with Gasteiger partial charge >= 0.3 is 0 Å². The summed E-state index contributed by atoms with van der Waals surface area (Å²) in [6.45, 7) is 0. The van der Waals surface area contributed by atoms with E-state index in [9.17, 15) is 4.79 Å². The van der Waals surface area contributed by atoms with Crippen molar-refractivity contribution in [1.29, 1.82) is 0 Å². The standard InChI is InChI=1S/C22H20N2O/c25-22(24-21-11-5-8-16-6-1-3-9-19(16)21)15-14-18-13-12-17-7-2-4-10-20(17)23-18/h1-4,6-7,9-10,12-15,21H,5,8,11H2,(H,24,25). The number of fused-ring (bicyclic) bond motifs is 2. The first-order chi connectivity index (χ1) is 12.3. The van der Waals surface area contributed by atoms with Gasteiger partial charge in [-0.1, -0.05) is 48.5 Å². The molecule has 4 rings (SSSR count). The van der Waals surface area contributed by atoms with Crippen molar-refractivity contribution in [2.24, 2.45) is 0 Å². The molecule has 0 bridgehead atoms. The largest absolute Gasteiger partial charge is 0.346 e. The molecule has 1 N–H and O–H groups in total. The van der Waals surface area contributed by atoms with E-state index in [1.165, 1.54) is 11.1 Å². The molecular weight excluding hydrogens is 308 g/mol. The summed E-state index contributed by atoms with van der Waals surface area (Å²) in [5.74, 6) is -0.0725. The van der Waals surface area contributed by atoms with Gasteiger partial charge in [0.1, 0.15) is 0 Å². The monoisotopic (exact) mass is 328 g/mol. The Kier molecular flexibility index (Phi) is 4.30. The van der Waals surface area contributed by atoms with E-state index in [1.54, 1.807) is 12.2 Å². The Morgan fingerprint density at radius 1 is 1.04 bits per heavy atom. The highest BCUT2D eigenvalue weighted by Crippen LogP contribution is 2.29. The van der Waals surface area contributed by atoms with Crippen LogP contribution in [0.3, 0.4) is 0 Å². The Morgan fingerprint density at radius 3 is 2.84 bits per heavy atom. The Labute approximate surface area is 147 Å². The first-order valence-corrected chi connectivity index (χ1v) is 8.72. The van der Waals surface area contributed by atoms with E-state index >= 15 is 0 Å². The maximum atomic E-state index is 12.3. The summed E-state index contributed by atoms with van der Waals surface area (Å²) >= 11 is 0. The van der Waals surface area contributed by atoms with Gasteiger partial charge < -0.3 is 5.32 Å². The number of benzene rings is 2. The fourth-order valence-electron chi connectivity index (χ4n) is 3.46. The van der Waals surface area contributed by atoms with Crippen LogP contribution in [-0.2, 0) is 11.2 Å². The molecule has 3 heteroatoms. The molecule has 0 fully saturated rings. The molecule has 0 aliphatic heterocycles. The zero-order chi connectivity index (χ0) is 17.1. The van der Waals surface area contributed by atoms with Gasteiger partial charge in [-0.2, -0.15) is 0 Å². The number of hydrogen-bond acceptors (Lipinski definition) is 2. The summed E-state index contributed by atoms with van der Waals surface area (Å²) in [7, 11) is 0. The number of aryl methyl sites for hydroxylation is 1. The van der Waals surface area contributed by atoms with E-state index < -0.39 is 0 Å². The number of nitrogens with zero attached hydrogens (tertiary/aromatic N) is 1. The molecule has 1 aromatic heterocycles. The topological polar surface area (TPSA) is 42.0 Å². The quantitative estimate of drug-likeness (QED) is 0.722. The van der Waals surface area contributed by atoms with Crippen LogP contribution in [-0.4, -0.2) is 10.9 Å². The highest BCUT2D eigenvalue weighted by atomic mass is 16.1. The minimum absolute atomic E-state index is 0.0725. The van der Waals surface area contributed by atoms with Gasteiger partial charge in [0.05, 0.1) is 17.3 Å². The predicted molar refractivity (Wildman–Crippen MR) is 101 cm³/mol. The minimum atomic E-state index is -0.0725. The third-order valence-corrected chi connectivity index (χ3v) is 4.71. The van der Waals surface area contributed by atoms with Gasteiger partial charge in [-0.25, -0.2) is 4.98 Å². The summed E-state index contributed by atoms with van der Waals surface area (Å²) in [6.07, 6.45) is 6.55. The van der Waals surface area contributed by atoms with Gasteiger partial charge in [-0.05, 0) is 48.6 Å². The van der Waals surface area contributed by atoms with E-state index in [-0.39, 0.29) is 11.9 Å². The van der Waals surface area contributed by atoms with Crippen LogP contribution >= 0.6 is 0 Å². The number of rotatable bonds is 3. The van der Waals surface area contributed by atoms with Crippen molar-refractivity contribution in [3.8, 4) is 0 Å². The lowest BCUT2D eigenvalue weighted by Crippen LogP contribution is -2.29. The van der Waals surface area contributed by atoms with Crippen LogP contribution in [0, 0.1) is 0 Å². The predicted octanol–water partition coefficient (Wildman–Crippen LogP) is 4.44. The van der Waals surface area contributed by atoms with E-state index in [0.717, 1.165) is 35.9 Å². The molecular formula is C22H20N2O. The number of aromatic nitrogens is 1. The fourth-order valence-corrected chi connectivity index (χ4v) is 3.46. The fraction of sp³-hybridized carbons (Fsp3) is 0.182. The van der Waals surface area contributed by atoms with Crippen LogP contribution in [0.5, 0.6) is 0 Å². The Morgan fingerprint density at radius 2 is 1.88 bits per heavy atom. The average molecular weight is 328 g/mol. The summed E-state index contributed by atoms with van der Waals surface area (Å²) < 4.78 is 0. The first kappa shape index (κ1) is 15.6. The summed E-state index contributed by atoms with van der Waals surface area (Å²) in [5.41, 5.74) is 4.32. The third-order valence-electron chi connectivity index (χ3n) is 4.71. The molecule has 3 aromatic rings. The molecule has 2 aromatic carbocycles. The Bertz CT molecular complexity index is 945. The zero-order valence-electron chi connectivity index (χ0n) is 14.0. The van der Waals surface area contributed by atoms with Crippen molar-refractivity contribution in [2.75, 3.05) is 0 Å². The van der Waals surface area contributed by atoms with Crippen LogP contribution in [0.1, 0.15) is 35.7 Å². The molecule has 3 nitrogen and oxygen atoms in total. The van der Waals surface area contributed by atoms with E-state index in [1.807, 2.05) is 42.5 Å². The molecule has 0 saturated heterocycles. The average Bonchev–Trinajstić information content (AvgIpc) is 2.66. The number of hydrogen-bond donors (Lipinski definition) is 1. The van der Waals surface area contributed by atoms with E-state index in [4.69, 9.17) is 0 Å². The second kappa shape index (κ2) is 6.89. The summed E-state index contributed by atoms with van der Waals surface area (Å²) in [4.78, 5) is 16.9. The molecule has 0 saturated carbocycles. The molecule has 1 atom stereocenters. The third kappa shape index (κ3) is 3.45.